The molecule has 4 nitrogen and oxygen atoms in total. The fourth-order valence-corrected chi connectivity index (χ4v) is 2.95. The maximum Gasteiger partial charge on any atom is 0.106 e. The monoisotopic (exact) mass is 240 g/mol. The van der Waals surface area contributed by atoms with E-state index >= 15 is 0 Å². The van der Waals surface area contributed by atoms with E-state index in [0.29, 0.717) is 0 Å². The molecule has 0 atom stereocenters. The number of anilines is 2. The number of aromatic amines is 2. The molecule has 3 aromatic rings. The Labute approximate surface area is 105 Å². The van der Waals surface area contributed by atoms with E-state index in [1.165, 1.54) is 34.9 Å². The molecule has 92 valence electrons. The van der Waals surface area contributed by atoms with Gasteiger partial charge in [-0.15, -0.1) is 0 Å². The van der Waals surface area contributed by atoms with E-state index in [4.69, 9.17) is 5.73 Å². The Morgan fingerprint density at radius 2 is 1.61 bits per heavy atom. The standard InChI is InChI=1S/C14H16N4/c15-13-7-9-10-8-14(18-5-1-2-6-18)17-12(10)4-3-11(9)16-13/h3-4,7-8,16-17H,1-2,5-6,15H2. The molecule has 1 aromatic carbocycles. The van der Waals surface area contributed by atoms with Crippen LogP contribution in [0.1, 0.15) is 12.8 Å². The van der Waals surface area contributed by atoms with Crippen molar-refractivity contribution in [1.29, 1.82) is 0 Å². The summed E-state index contributed by atoms with van der Waals surface area (Å²) in [6.45, 7) is 2.32. The highest BCUT2D eigenvalue weighted by Gasteiger charge is 2.15. The molecule has 4 heteroatoms. The molecule has 1 aliphatic rings. The number of nitrogens with zero attached hydrogens (tertiary/aromatic N) is 1. The minimum absolute atomic E-state index is 0.724. The predicted octanol–water partition coefficient (Wildman–Crippen LogP) is 2.83. The Morgan fingerprint density at radius 1 is 0.944 bits per heavy atom. The number of benzene rings is 1. The summed E-state index contributed by atoms with van der Waals surface area (Å²) in [6.07, 6.45) is 2.59. The average molecular weight is 240 g/mol. The molecule has 1 aliphatic heterocycles. The molecule has 1 saturated heterocycles. The van der Waals surface area contributed by atoms with E-state index < -0.39 is 0 Å². The number of fused-ring (bicyclic) bond motifs is 3. The maximum atomic E-state index is 5.83. The van der Waals surface area contributed by atoms with Crippen molar-refractivity contribution < 1.29 is 0 Å². The van der Waals surface area contributed by atoms with Crippen molar-refractivity contribution in [2.45, 2.75) is 12.8 Å². The highest BCUT2D eigenvalue weighted by atomic mass is 15.2. The van der Waals surface area contributed by atoms with Crippen LogP contribution < -0.4 is 10.6 Å². The molecule has 0 amide bonds. The second-order valence-corrected chi connectivity index (χ2v) is 5.06. The zero-order valence-corrected chi connectivity index (χ0v) is 10.2. The lowest BCUT2D eigenvalue weighted by Crippen LogP contribution is -2.17. The first-order chi connectivity index (χ1) is 8.81. The van der Waals surface area contributed by atoms with E-state index in [9.17, 15) is 0 Å². The molecule has 4 rings (SSSR count). The number of H-pyrrole nitrogens is 2. The van der Waals surface area contributed by atoms with Crippen LogP contribution in [0.4, 0.5) is 11.6 Å². The number of nitrogen functional groups attached to an aromatic ring is 1. The summed E-state index contributed by atoms with van der Waals surface area (Å²) in [4.78, 5) is 9.11. The van der Waals surface area contributed by atoms with Crippen LogP contribution in [0.2, 0.25) is 0 Å². The molecule has 18 heavy (non-hydrogen) atoms. The number of aromatic nitrogens is 2. The van der Waals surface area contributed by atoms with Crippen LogP contribution in [0.15, 0.2) is 24.3 Å². The lowest BCUT2D eigenvalue weighted by atomic mass is 10.2. The Morgan fingerprint density at radius 3 is 2.39 bits per heavy atom. The molecule has 0 bridgehead atoms. The summed E-state index contributed by atoms with van der Waals surface area (Å²) in [5.74, 6) is 1.95. The zero-order valence-electron chi connectivity index (χ0n) is 10.2. The first-order valence-electron chi connectivity index (χ1n) is 6.46. The summed E-state index contributed by atoms with van der Waals surface area (Å²) in [5.41, 5.74) is 8.12. The van der Waals surface area contributed by atoms with Gasteiger partial charge < -0.3 is 20.6 Å². The van der Waals surface area contributed by atoms with E-state index in [1.807, 2.05) is 6.07 Å². The van der Waals surface area contributed by atoms with Gasteiger partial charge in [0.1, 0.15) is 11.6 Å². The summed E-state index contributed by atoms with van der Waals surface area (Å²) in [7, 11) is 0. The lowest BCUT2D eigenvalue weighted by molar-refractivity contribution is 0.949. The number of rotatable bonds is 1. The van der Waals surface area contributed by atoms with Crippen molar-refractivity contribution in [2.75, 3.05) is 23.7 Å². The zero-order chi connectivity index (χ0) is 12.1. The minimum Gasteiger partial charge on any atom is -0.385 e. The van der Waals surface area contributed by atoms with E-state index in [-0.39, 0.29) is 0 Å². The van der Waals surface area contributed by atoms with E-state index in [0.717, 1.165) is 24.4 Å². The van der Waals surface area contributed by atoms with Crippen LogP contribution in [0, 0.1) is 0 Å². The van der Waals surface area contributed by atoms with Crippen molar-refractivity contribution in [3.63, 3.8) is 0 Å². The van der Waals surface area contributed by atoms with Crippen LogP contribution >= 0.6 is 0 Å². The quantitative estimate of drug-likeness (QED) is 0.612. The van der Waals surface area contributed by atoms with Crippen LogP contribution in [0.3, 0.4) is 0 Å². The van der Waals surface area contributed by atoms with Gasteiger partial charge in [-0.1, -0.05) is 0 Å². The van der Waals surface area contributed by atoms with Gasteiger partial charge in [-0.05, 0) is 37.1 Å². The van der Waals surface area contributed by atoms with Crippen molar-refractivity contribution in [2.24, 2.45) is 0 Å². The number of nitrogens with one attached hydrogen (secondary N) is 2. The third-order valence-corrected chi connectivity index (χ3v) is 3.86. The van der Waals surface area contributed by atoms with Gasteiger partial charge in [0.25, 0.3) is 0 Å². The molecule has 0 aliphatic carbocycles. The van der Waals surface area contributed by atoms with Crippen LogP contribution in [0.5, 0.6) is 0 Å². The largest absolute Gasteiger partial charge is 0.385 e. The molecule has 2 aromatic heterocycles. The van der Waals surface area contributed by atoms with Crippen molar-refractivity contribution >= 4 is 33.4 Å². The Hall–Kier alpha value is -2.10. The summed E-state index contributed by atoms with van der Waals surface area (Å²) in [6, 6.07) is 8.46. The van der Waals surface area contributed by atoms with Gasteiger partial charge >= 0.3 is 0 Å². The van der Waals surface area contributed by atoms with Gasteiger partial charge in [-0.3, -0.25) is 0 Å². The molecule has 0 saturated carbocycles. The average Bonchev–Trinajstić information content (AvgIpc) is 3.05. The third-order valence-electron chi connectivity index (χ3n) is 3.86. The Kier molecular flexibility index (Phi) is 1.89. The molecular weight excluding hydrogens is 224 g/mol. The molecular formula is C14H16N4. The van der Waals surface area contributed by atoms with Gasteiger partial charge in [0, 0.05) is 34.9 Å². The molecule has 0 unspecified atom stereocenters. The maximum absolute atomic E-state index is 5.83. The van der Waals surface area contributed by atoms with E-state index in [2.05, 4.69) is 33.1 Å². The second kappa shape index (κ2) is 3.45. The molecule has 0 spiro atoms. The Bertz CT molecular complexity index is 716. The predicted molar refractivity (Wildman–Crippen MR) is 76.0 cm³/mol. The van der Waals surface area contributed by atoms with Gasteiger partial charge in [-0.25, -0.2) is 0 Å². The van der Waals surface area contributed by atoms with Crippen molar-refractivity contribution in [3.8, 4) is 0 Å². The topological polar surface area (TPSA) is 60.8 Å². The third kappa shape index (κ3) is 1.32. The van der Waals surface area contributed by atoms with Gasteiger partial charge in [0.15, 0.2) is 0 Å². The van der Waals surface area contributed by atoms with Gasteiger partial charge in [0.2, 0.25) is 0 Å². The highest BCUT2D eigenvalue weighted by Crippen LogP contribution is 2.31. The summed E-state index contributed by atoms with van der Waals surface area (Å²) < 4.78 is 0. The van der Waals surface area contributed by atoms with Gasteiger partial charge in [-0.2, -0.15) is 0 Å². The van der Waals surface area contributed by atoms with Gasteiger partial charge in [0.05, 0.1) is 0 Å². The number of nitrogens with two attached hydrogens (primary N) is 1. The smallest absolute Gasteiger partial charge is 0.106 e. The van der Waals surface area contributed by atoms with Crippen molar-refractivity contribution in [3.05, 3.63) is 24.3 Å². The molecule has 1 fully saturated rings. The van der Waals surface area contributed by atoms with Crippen molar-refractivity contribution in [1.82, 2.24) is 9.97 Å². The number of hydrogen-bond donors (Lipinski definition) is 3. The highest BCUT2D eigenvalue weighted by molar-refractivity contribution is 6.08. The van der Waals surface area contributed by atoms with Crippen LogP contribution in [0.25, 0.3) is 21.8 Å². The van der Waals surface area contributed by atoms with E-state index in [1.54, 1.807) is 0 Å². The fourth-order valence-electron chi connectivity index (χ4n) is 2.95. The second-order valence-electron chi connectivity index (χ2n) is 5.06. The fraction of sp³-hybridized carbons (Fsp3) is 0.286. The first kappa shape index (κ1) is 9.88. The number of hydrogen-bond acceptors (Lipinski definition) is 2. The normalized spacial score (nSPS) is 16.1. The molecule has 4 N–H and O–H groups in total. The minimum atomic E-state index is 0.724. The van der Waals surface area contributed by atoms with Crippen LogP contribution in [-0.2, 0) is 0 Å². The lowest BCUT2D eigenvalue weighted by Gasteiger charge is -2.14. The molecule has 0 radical (unpaired) electrons. The summed E-state index contributed by atoms with van der Waals surface area (Å²) in [5, 5.41) is 2.45. The SMILES string of the molecule is Nc1cc2c(ccc3[nH]c(N4CCCC4)cc32)[nH]1. The molecule has 3 heterocycles. The first-order valence-corrected chi connectivity index (χ1v) is 6.46. The summed E-state index contributed by atoms with van der Waals surface area (Å²) >= 11 is 0. The Balaban J connectivity index is 1.95. The van der Waals surface area contributed by atoms with Crippen LogP contribution in [-0.4, -0.2) is 23.1 Å².